The maximum Gasteiger partial charge on any atom is 0.329 e. The largest absolute Gasteiger partial charge is 0.481 e. The summed E-state index contributed by atoms with van der Waals surface area (Å²) in [5.41, 5.74) is 1.73. The van der Waals surface area contributed by atoms with Crippen molar-refractivity contribution in [3.8, 4) is 0 Å². The number of aliphatic carboxylic acids is 1. The molecule has 2 aromatic carbocycles. The highest BCUT2D eigenvalue weighted by molar-refractivity contribution is 5.88. The fraction of sp³-hybridized carbons (Fsp3) is 0.444. The van der Waals surface area contributed by atoms with Gasteiger partial charge in [-0.3, -0.25) is 9.59 Å². The molecule has 2 rings (SSSR count). The predicted molar refractivity (Wildman–Crippen MR) is 127 cm³/mol. The third-order valence-electron chi connectivity index (χ3n) is 5.57. The summed E-state index contributed by atoms with van der Waals surface area (Å²) < 4.78 is 5.51. The van der Waals surface area contributed by atoms with E-state index in [4.69, 9.17) is 4.74 Å². The van der Waals surface area contributed by atoms with Gasteiger partial charge in [0.15, 0.2) is 0 Å². The molecule has 0 aliphatic carbocycles. The number of nitrogens with one attached hydrogen (secondary N) is 1. The Morgan fingerprint density at radius 3 is 2.00 bits per heavy atom. The SMILES string of the molecule is CCC[C@@H](C(=O)O)[C@@H](CC(C)C)C(=O)N[C@@H](Cc1ccccc1)C(=O)OCc1ccccc1. The number of carboxylic acid groups (broad SMARTS) is 1. The molecule has 0 saturated heterocycles. The van der Waals surface area contributed by atoms with E-state index < -0.39 is 35.7 Å². The Bertz CT molecular complexity index is 882. The monoisotopic (exact) mass is 453 g/mol. The molecular weight excluding hydrogens is 418 g/mol. The van der Waals surface area contributed by atoms with E-state index in [-0.39, 0.29) is 18.9 Å². The van der Waals surface area contributed by atoms with E-state index in [1.54, 1.807) is 0 Å². The summed E-state index contributed by atoms with van der Waals surface area (Å²) in [6.07, 6.45) is 1.76. The lowest BCUT2D eigenvalue weighted by Gasteiger charge is -2.27. The molecule has 0 aliphatic rings. The number of hydrogen-bond donors (Lipinski definition) is 2. The molecule has 0 aromatic heterocycles. The third-order valence-corrected chi connectivity index (χ3v) is 5.57. The molecule has 0 aliphatic heterocycles. The van der Waals surface area contributed by atoms with Gasteiger partial charge in [-0.25, -0.2) is 4.79 Å². The van der Waals surface area contributed by atoms with Gasteiger partial charge in [-0.1, -0.05) is 87.9 Å². The number of carbonyl (C=O) groups excluding carboxylic acids is 2. The smallest absolute Gasteiger partial charge is 0.329 e. The number of benzene rings is 2. The highest BCUT2D eigenvalue weighted by atomic mass is 16.5. The molecule has 0 radical (unpaired) electrons. The molecule has 2 N–H and O–H groups in total. The first kappa shape index (κ1) is 26.1. The van der Waals surface area contributed by atoms with E-state index in [9.17, 15) is 19.5 Å². The first-order chi connectivity index (χ1) is 15.8. The van der Waals surface area contributed by atoms with Crippen LogP contribution in [-0.2, 0) is 32.1 Å². The van der Waals surface area contributed by atoms with Crippen molar-refractivity contribution in [3.05, 3.63) is 71.8 Å². The Morgan fingerprint density at radius 1 is 0.909 bits per heavy atom. The minimum atomic E-state index is -0.982. The van der Waals surface area contributed by atoms with Crippen molar-refractivity contribution in [2.24, 2.45) is 17.8 Å². The van der Waals surface area contributed by atoms with Crippen LogP contribution in [0.25, 0.3) is 0 Å². The van der Waals surface area contributed by atoms with Crippen LogP contribution in [-0.4, -0.2) is 29.0 Å². The molecule has 6 nitrogen and oxygen atoms in total. The van der Waals surface area contributed by atoms with Gasteiger partial charge in [-0.2, -0.15) is 0 Å². The summed E-state index contributed by atoms with van der Waals surface area (Å²) in [5.74, 6) is -3.32. The van der Waals surface area contributed by atoms with Gasteiger partial charge in [0.2, 0.25) is 5.91 Å². The lowest BCUT2D eigenvalue weighted by atomic mass is 9.82. The van der Waals surface area contributed by atoms with Crippen LogP contribution >= 0.6 is 0 Å². The molecule has 1 amide bonds. The van der Waals surface area contributed by atoms with Crippen molar-refractivity contribution in [1.82, 2.24) is 5.32 Å². The topological polar surface area (TPSA) is 92.7 Å². The standard InChI is InChI=1S/C27H35NO5/c1-4-11-22(26(30)31)23(16-19(2)3)25(29)28-24(17-20-12-7-5-8-13-20)27(32)33-18-21-14-9-6-10-15-21/h5-10,12-15,19,22-24H,4,11,16-18H2,1-3H3,(H,28,29)(H,30,31)/t22-,23-,24+/m1/s1. The van der Waals surface area contributed by atoms with Crippen LogP contribution in [0.1, 0.15) is 51.2 Å². The summed E-state index contributed by atoms with van der Waals surface area (Å²) >= 11 is 0. The van der Waals surface area contributed by atoms with Gasteiger partial charge in [-0.15, -0.1) is 0 Å². The van der Waals surface area contributed by atoms with Crippen molar-refractivity contribution in [2.45, 2.75) is 59.1 Å². The minimum Gasteiger partial charge on any atom is -0.481 e. The second kappa shape index (κ2) is 13.4. The van der Waals surface area contributed by atoms with Gasteiger partial charge < -0.3 is 15.2 Å². The Balaban J connectivity index is 2.21. The van der Waals surface area contributed by atoms with E-state index in [0.717, 1.165) is 11.1 Å². The fourth-order valence-electron chi connectivity index (χ4n) is 3.92. The van der Waals surface area contributed by atoms with Crippen molar-refractivity contribution in [2.75, 3.05) is 0 Å². The predicted octanol–water partition coefficient (Wildman–Crippen LogP) is 4.62. The molecule has 3 atom stereocenters. The van der Waals surface area contributed by atoms with E-state index in [2.05, 4.69) is 5.32 Å². The van der Waals surface area contributed by atoms with Crippen LogP contribution in [0.5, 0.6) is 0 Å². The zero-order valence-electron chi connectivity index (χ0n) is 19.7. The van der Waals surface area contributed by atoms with Crippen LogP contribution in [0.4, 0.5) is 0 Å². The van der Waals surface area contributed by atoms with Crippen LogP contribution in [0.2, 0.25) is 0 Å². The maximum absolute atomic E-state index is 13.3. The van der Waals surface area contributed by atoms with Gasteiger partial charge in [0, 0.05) is 6.42 Å². The molecule has 178 valence electrons. The quantitative estimate of drug-likeness (QED) is 0.432. The number of ether oxygens (including phenoxy) is 1. The zero-order chi connectivity index (χ0) is 24.2. The molecule has 0 spiro atoms. The Morgan fingerprint density at radius 2 is 1.48 bits per heavy atom. The summed E-state index contributed by atoms with van der Waals surface area (Å²) in [6.45, 7) is 5.92. The second-order valence-electron chi connectivity index (χ2n) is 8.81. The lowest BCUT2D eigenvalue weighted by Crippen LogP contribution is -2.48. The Hall–Kier alpha value is -3.15. The van der Waals surface area contributed by atoms with E-state index in [1.807, 2.05) is 81.4 Å². The fourth-order valence-corrected chi connectivity index (χ4v) is 3.92. The zero-order valence-corrected chi connectivity index (χ0v) is 19.7. The summed E-state index contributed by atoms with van der Waals surface area (Å²) in [4.78, 5) is 38.2. The number of hydrogen-bond acceptors (Lipinski definition) is 4. The highest BCUT2D eigenvalue weighted by Crippen LogP contribution is 2.26. The molecule has 0 saturated carbocycles. The molecule has 33 heavy (non-hydrogen) atoms. The van der Waals surface area contributed by atoms with Gasteiger partial charge >= 0.3 is 11.9 Å². The first-order valence-corrected chi connectivity index (χ1v) is 11.6. The van der Waals surface area contributed by atoms with Crippen molar-refractivity contribution >= 4 is 17.8 Å². The second-order valence-corrected chi connectivity index (χ2v) is 8.81. The number of carbonyl (C=O) groups is 3. The summed E-state index contributed by atoms with van der Waals surface area (Å²) in [7, 11) is 0. The van der Waals surface area contributed by atoms with E-state index in [1.165, 1.54) is 0 Å². The van der Waals surface area contributed by atoms with Crippen molar-refractivity contribution in [1.29, 1.82) is 0 Å². The van der Waals surface area contributed by atoms with Crippen LogP contribution in [0.3, 0.4) is 0 Å². The highest BCUT2D eigenvalue weighted by Gasteiger charge is 2.35. The van der Waals surface area contributed by atoms with Gasteiger partial charge in [-0.05, 0) is 29.9 Å². The van der Waals surface area contributed by atoms with Gasteiger partial charge in [0.25, 0.3) is 0 Å². The molecule has 6 heteroatoms. The van der Waals surface area contributed by atoms with E-state index in [0.29, 0.717) is 19.3 Å². The van der Waals surface area contributed by atoms with Crippen LogP contribution in [0.15, 0.2) is 60.7 Å². The van der Waals surface area contributed by atoms with Crippen molar-refractivity contribution < 1.29 is 24.2 Å². The molecule has 0 unspecified atom stereocenters. The Labute approximate surface area is 196 Å². The average Bonchev–Trinajstić information content (AvgIpc) is 2.80. The minimum absolute atomic E-state index is 0.101. The molecule has 2 aromatic rings. The number of amides is 1. The molecule has 0 fully saturated rings. The first-order valence-electron chi connectivity index (χ1n) is 11.6. The third kappa shape index (κ3) is 8.72. The van der Waals surface area contributed by atoms with Gasteiger partial charge in [0.1, 0.15) is 12.6 Å². The van der Waals surface area contributed by atoms with Gasteiger partial charge in [0.05, 0.1) is 11.8 Å². The number of carboxylic acids is 1. The normalized spacial score (nSPS) is 13.7. The van der Waals surface area contributed by atoms with Crippen LogP contribution < -0.4 is 5.32 Å². The molecule has 0 heterocycles. The molecular formula is C27H35NO5. The summed E-state index contributed by atoms with van der Waals surface area (Å²) in [6, 6.07) is 17.8. The van der Waals surface area contributed by atoms with Crippen molar-refractivity contribution in [3.63, 3.8) is 0 Å². The number of rotatable bonds is 13. The lowest BCUT2D eigenvalue weighted by molar-refractivity contribution is -0.151. The van der Waals surface area contributed by atoms with E-state index >= 15 is 0 Å². The Kier molecular flexibility index (Phi) is 10.6. The molecule has 0 bridgehead atoms. The maximum atomic E-state index is 13.3. The number of esters is 1. The average molecular weight is 454 g/mol. The summed E-state index contributed by atoms with van der Waals surface area (Å²) in [5, 5.41) is 12.6. The van der Waals surface area contributed by atoms with Crippen LogP contribution in [0, 0.1) is 17.8 Å².